The average molecular weight is 563 g/mol. The van der Waals surface area contributed by atoms with Crippen LogP contribution in [0.2, 0.25) is 5.02 Å². The van der Waals surface area contributed by atoms with Crippen molar-refractivity contribution in [1.29, 1.82) is 0 Å². The number of hydrogen-bond donors (Lipinski definition) is 1. The van der Waals surface area contributed by atoms with E-state index in [-0.39, 0.29) is 34.4 Å². The van der Waals surface area contributed by atoms with Crippen LogP contribution in [-0.4, -0.2) is 43.8 Å². The highest BCUT2D eigenvalue weighted by Crippen LogP contribution is 2.37. The molecule has 11 nitrogen and oxygen atoms in total. The molecule has 0 radical (unpaired) electrons. The van der Waals surface area contributed by atoms with Gasteiger partial charge in [0.05, 0.1) is 34.8 Å². The van der Waals surface area contributed by atoms with Gasteiger partial charge < -0.3 is 18.9 Å². The molecule has 0 aliphatic carbocycles. The Hall–Kier alpha value is -4.04. The Labute approximate surface area is 219 Å². The quantitative estimate of drug-likeness (QED) is 0.153. The Kier molecular flexibility index (Phi) is 11.2. The number of halogens is 4. The predicted octanol–water partition coefficient (Wildman–Crippen LogP) is 5.02. The molecule has 0 unspecified atom stereocenters. The van der Waals surface area contributed by atoms with Gasteiger partial charge in [0.2, 0.25) is 0 Å². The van der Waals surface area contributed by atoms with Crippen molar-refractivity contribution >= 4 is 34.9 Å². The maximum atomic E-state index is 12.9. The SMILES string of the molecule is CCCOC(=O)COC(=O)CONC(=COC)c1cc(Oc2ccc(C(F)(F)F)cc2Cl)ccc1[N+](=O)[O-]. The van der Waals surface area contributed by atoms with Crippen LogP contribution in [0, 0.1) is 10.1 Å². The van der Waals surface area contributed by atoms with Crippen molar-refractivity contribution in [1.82, 2.24) is 5.48 Å². The number of carbonyl (C=O) groups excluding carboxylic acids is 2. The minimum absolute atomic E-state index is 0.0268. The Balaban J connectivity index is 2.17. The summed E-state index contributed by atoms with van der Waals surface area (Å²) in [6.45, 7) is 0.639. The Bertz CT molecular complexity index is 1190. The number of nitro groups is 1. The fourth-order valence-electron chi connectivity index (χ4n) is 2.71. The first kappa shape index (κ1) is 30.2. The van der Waals surface area contributed by atoms with Crippen LogP contribution in [0.5, 0.6) is 11.5 Å². The number of benzene rings is 2. The first-order chi connectivity index (χ1) is 18.0. The van der Waals surface area contributed by atoms with Crippen molar-refractivity contribution in [2.75, 3.05) is 26.9 Å². The molecule has 38 heavy (non-hydrogen) atoms. The number of nitrogens with zero attached hydrogens (tertiary/aromatic N) is 1. The molecule has 206 valence electrons. The summed E-state index contributed by atoms with van der Waals surface area (Å²) in [6, 6.07) is 5.90. The minimum atomic E-state index is -4.61. The number of hydroxylamine groups is 1. The number of ether oxygens (including phenoxy) is 4. The molecule has 0 spiro atoms. The Morgan fingerprint density at radius 2 is 1.82 bits per heavy atom. The van der Waals surface area contributed by atoms with Crippen LogP contribution in [0.25, 0.3) is 5.70 Å². The number of esters is 2. The Morgan fingerprint density at radius 3 is 2.42 bits per heavy atom. The van der Waals surface area contributed by atoms with Gasteiger partial charge in [-0.1, -0.05) is 18.5 Å². The summed E-state index contributed by atoms with van der Waals surface area (Å²) >= 11 is 5.92. The van der Waals surface area contributed by atoms with E-state index in [1.54, 1.807) is 6.92 Å². The van der Waals surface area contributed by atoms with Crippen molar-refractivity contribution in [3.63, 3.8) is 0 Å². The number of methoxy groups -OCH3 is 1. The molecule has 0 fully saturated rings. The second kappa shape index (κ2) is 14.0. The number of alkyl halides is 3. The third-order valence-corrected chi connectivity index (χ3v) is 4.66. The van der Waals surface area contributed by atoms with Gasteiger partial charge in [-0.2, -0.15) is 13.2 Å². The fraction of sp³-hybridized carbons (Fsp3) is 0.304. The lowest BCUT2D eigenvalue weighted by Gasteiger charge is -2.14. The zero-order valence-corrected chi connectivity index (χ0v) is 20.8. The zero-order chi connectivity index (χ0) is 28.3. The summed E-state index contributed by atoms with van der Waals surface area (Å²) in [4.78, 5) is 39.1. The molecule has 0 amide bonds. The van der Waals surface area contributed by atoms with Crippen LogP contribution in [0.3, 0.4) is 0 Å². The third kappa shape index (κ3) is 9.12. The molecule has 2 aromatic rings. The lowest BCUT2D eigenvalue weighted by atomic mass is 10.1. The average Bonchev–Trinajstić information content (AvgIpc) is 2.86. The van der Waals surface area contributed by atoms with Gasteiger partial charge in [-0.3, -0.25) is 20.4 Å². The molecule has 0 atom stereocenters. The van der Waals surface area contributed by atoms with Gasteiger partial charge in [0.15, 0.2) is 13.2 Å². The van der Waals surface area contributed by atoms with E-state index in [4.69, 9.17) is 35.4 Å². The molecular formula is C23H22ClF3N2O9. The summed E-state index contributed by atoms with van der Waals surface area (Å²) < 4.78 is 58.6. The normalized spacial score (nSPS) is 11.5. The highest BCUT2D eigenvalue weighted by Gasteiger charge is 2.31. The number of rotatable bonds is 13. The molecule has 0 aliphatic heterocycles. The van der Waals surface area contributed by atoms with E-state index in [0.717, 1.165) is 24.5 Å². The maximum Gasteiger partial charge on any atom is 0.416 e. The van der Waals surface area contributed by atoms with Crippen molar-refractivity contribution < 1.29 is 51.5 Å². The van der Waals surface area contributed by atoms with Crippen LogP contribution in [-0.2, 0) is 34.8 Å². The Morgan fingerprint density at radius 1 is 1.11 bits per heavy atom. The van der Waals surface area contributed by atoms with E-state index in [1.807, 2.05) is 0 Å². The number of nitrogens with one attached hydrogen (secondary N) is 1. The fourth-order valence-corrected chi connectivity index (χ4v) is 2.93. The lowest BCUT2D eigenvalue weighted by Crippen LogP contribution is -2.24. The van der Waals surface area contributed by atoms with Crippen molar-refractivity contribution in [3.05, 3.63) is 68.9 Å². The zero-order valence-electron chi connectivity index (χ0n) is 20.0. The second-order valence-corrected chi connectivity index (χ2v) is 7.63. The van der Waals surface area contributed by atoms with Crippen LogP contribution >= 0.6 is 11.6 Å². The van der Waals surface area contributed by atoms with Gasteiger partial charge in [0.1, 0.15) is 23.5 Å². The smallest absolute Gasteiger partial charge is 0.416 e. The van der Waals surface area contributed by atoms with E-state index in [9.17, 15) is 32.9 Å². The van der Waals surface area contributed by atoms with Crippen molar-refractivity contribution in [3.8, 4) is 11.5 Å². The van der Waals surface area contributed by atoms with E-state index in [1.165, 1.54) is 19.2 Å². The predicted molar refractivity (Wildman–Crippen MR) is 126 cm³/mol. The molecule has 0 bridgehead atoms. The van der Waals surface area contributed by atoms with Gasteiger partial charge in [-0.15, -0.1) is 0 Å². The summed E-state index contributed by atoms with van der Waals surface area (Å²) in [5.41, 5.74) is 0.645. The summed E-state index contributed by atoms with van der Waals surface area (Å²) in [5.74, 6) is -1.85. The van der Waals surface area contributed by atoms with Crippen molar-refractivity contribution in [2.24, 2.45) is 0 Å². The van der Waals surface area contributed by atoms with Gasteiger partial charge in [0, 0.05) is 6.07 Å². The van der Waals surface area contributed by atoms with Crippen LogP contribution in [0.1, 0.15) is 24.5 Å². The third-order valence-electron chi connectivity index (χ3n) is 4.37. The maximum absolute atomic E-state index is 12.9. The van der Waals surface area contributed by atoms with Crippen LogP contribution in [0.15, 0.2) is 42.7 Å². The molecule has 0 saturated heterocycles. The molecule has 0 saturated carbocycles. The molecule has 0 aliphatic rings. The van der Waals surface area contributed by atoms with E-state index < -0.39 is 47.5 Å². The first-order valence-electron chi connectivity index (χ1n) is 10.7. The molecule has 0 heterocycles. The van der Waals surface area contributed by atoms with Crippen LogP contribution < -0.4 is 10.2 Å². The topological polar surface area (TPSA) is 135 Å². The molecule has 15 heteroatoms. The van der Waals surface area contributed by atoms with E-state index in [0.29, 0.717) is 12.5 Å². The minimum Gasteiger partial charge on any atom is -0.502 e. The number of nitro benzene ring substituents is 1. The number of carbonyl (C=O) groups is 2. The highest BCUT2D eigenvalue weighted by molar-refractivity contribution is 6.32. The lowest BCUT2D eigenvalue weighted by molar-refractivity contribution is -0.385. The highest BCUT2D eigenvalue weighted by atomic mass is 35.5. The standard InChI is InChI=1S/C23H22ClF3N2O9/c1-3-8-35-21(30)12-36-22(31)13-37-28-18(11-34-2)16-10-15(5-6-19(16)29(32)33)38-20-7-4-14(9-17(20)24)23(25,26)27/h4-7,9-11,28H,3,8,12-13H2,1-2H3. The summed E-state index contributed by atoms with van der Waals surface area (Å²) in [7, 11) is 1.24. The van der Waals surface area contributed by atoms with E-state index >= 15 is 0 Å². The molecular weight excluding hydrogens is 541 g/mol. The molecule has 0 aromatic heterocycles. The molecule has 2 aromatic carbocycles. The monoisotopic (exact) mass is 562 g/mol. The van der Waals surface area contributed by atoms with Crippen molar-refractivity contribution in [2.45, 2.75) is 19.5 Å². The second-order valence-electron chi connectivity index (χ2n) is 7.22. The van der Waals surface area contributed by atoms with Gasteiger partial charge >= 0.3 is 18.1 Å². The first-order valence-corrected chi connectivity index (χ1v) is 11.1. The summed E-state index contributed by atoms with van der Waals surface area (Å²) in [5, 5.41) is 11.2. The van der Waals surface area contributed by atoms with Crippen LogP contribution in [0.4, 0.5) is 18.9 Å². The van der Waals surface area contributed by atoms with E-state index in [2.05, 4.69) is 5.48 Å². The molecule has 2 rings (SSSR count). The van der Waals surface area contributed by atoms with Gasteiger partial charge in [-0.25, -0.2) is 9.59 Å². The summed E-state index contributed by atoms with van der Waals surface area (Å²) in [6.07, 6.45) is -2.99. The molecule has 1 N–H and O–H groups in total. The largest absolute Gasteiger partial charge is 0.502 e. The van der Waals surface area contributed by atoms with Gasteiger partial charge in [-0.05, 0) is 36.8 Å². The number of hydrogen-bond acceptors (Lipinski definition) is 10. The van der Waals surface area contributed by atoms with Gasteiger partial charge in [0.25, 0.3) is 5.69 Å².